The first kappa shape index (κ1) is 15.2. The van der Waals surface area contributed by atoms with Gasteiger partial charge in [-0.2, -0.15) is 0 Å². The van der Waals surface area contributed by atoms with Gasteiger partial charge >= 0.3 is 5.97 Å². The summed E-state index contributed by atoms with van der Waals surface area (Å²) in [7, 11) is 0. The Morgan fingerprint density at radius 3 is 2.91 bits per heavy atom. The van der Waals surface area contributed by atoms with Gasteiger partial charge in [0.2, 0.25) is 5.91 Å². The Morgan fingerprint density at radius 2 is 2.27 bits per heavy atom. The summed E-state index contributed by atoms with van der Waals surface area (Å²) in [5, 5.41) is 14.0. The average Bonchev–Trinajstić information content (AvgIpc) is 3.17. The predicted molar refractivity (Wildman–Crippen MR) is 86.1 cm³/mol. The van der Waals surface area contributed by atoms with E-state index in [4.69, 9.17) is 0 Å². The molecule has 3 heterocycles. The van der Waals surface area contributed by atoms with E-state index in [1.54, 1.807) is 23.2 Å². The molecule has 3 rings (SSSR count). The molecule has 0 saturated carbocycles. The number of amides is 1. The van der Waals surface area contributed by atoms with E-state index in [9.17, 15) is 14.7 Å². The zero-order chi connectivity index (χ0) is 15.7. The number of carbonyl (C=O) groups is 2. The van der Waals surface area contributed by atoms with Crippen LogP contribution in [0.4, 0.5) is 0 Å². The number of hydrogen-bond acceptors (Lipinski definition) is 5. The van der Waals surface area contributed by atoms with Crippen molar-refractivity contribution in [1.82, 2.24) is 9.88 Å². The molecule has 0 aromatic carbocycles. The standard InChI is InChI=1S/C15H16N2O3S2/c1-15(14(19)20)4-5-17(9-15)12(18)7-10-8-22-13(16-10)11-3-2-6-21-11/h2-3,6,8H,4-5,7,9H2,1H3,(H,19,20). The summed E-state index contributed by atoms with van der Waals surface area (Å²) >= 11 is 3.15. The van der Waals surface area contributed by atoms with Crippen LogP contribution in [0.1, 0.15) is 19.0 Å². The number of aliphatic carboxylic acids is 1. The third-order valence-corrected chi connectivity index (χ3v) is 5.89. The molecular formula is C15H16N2O3S2. The van der Waals surface area contributed by atoms with E-state index >= 15 is 0 Å². The van der Waals surface area contributed by atoms with E-state index in [1.807, 2.05) is 22.9 Å². The molecule has 116 valence electrons. The highest BCUT2D eigenvalue weighted by atomic mass is 32.1. The Morgan fingerprint density at radius 1 is 1.45 bits per heavy atom. The minimum atomic E-state index is -0.837. The minimum absolute atomic E-state index is 0.0481. The molecule has 7 heteroatoms. The minimum Gasteiger partial charge on any atom is -0.481 e. The Labute approximate surface area is 136 Å². The quantitative estimate of drug-likeness (QED) is 0.932. The molecule has 2 aromatic rings. The molecule has 0 radical (unpaired) electrons. The number of hydrogen-bond donors (Lipinski definition) is 1. The molecule has 0 bridgehead atoms. The SMILES string of the molecule is CC1(C(=O)O)CCN(C(=O)Cc2csc(-c3cccs3)n2)C1. The maximum atomic E-state index is 12.3. The van der Waals surface area contributed by atoms with Gasteiger partial charge in [-0.05, 0) is 24.8 Å². The summed E-state index contributed by atoms with van der Waals surface area (Å²) in [4.78, 5) is 30.8. The maximum absolute atomic E-state index is 12.3. The largest absolute Gasteiger partial charge is 0.481 e. The number of likely N-dealkylation sites (tertiary alicyclic amines) is 1. The van der Waals surface area contributed by atoms with Crippen LogP contribution < -0.4 is 0 Å². The fourth-order valence-electron chi connectivity index (χ4n) is 2.52. The molecule has 5 nitrogen and oxygen atoms in total. The molecule has 1 saturated heterocycles. The fourth-order valence-corrected chi connectivity index (χ4v) is 4.15. The van der Waals surface area contributed by atoms with Crippen molar-refractivity contribution in [1.29, 1.82) is 0 Å². The molecule has 0 aliphatic carbocycles. The highest BCUT2D eigenvalue weighted by molar-refractivity contribution is 7.20. The second kappa shape index (κ2) is 5.81. The molecule has 1 aliphatic heterocycles. The van der Waals surface area contributed by atoms with Gasteiger partial charge in [0.25, 0.3) is 0 Å². The molecule has 2 aromatic heterocycles. The summed E-state index contributed by atoms with van der Waals surface area (Å²) in [5.74, 6) is -0.885. The number of thiazole rings is 1. The van der Waals surface area contributed by atoms with E-state index in [0.717, 1.165) is 15.6 Å². The number of carboxylic acid groups (broad SMARTS) is 1. The summed E-state index contributed by atoms with van der Waals surface area (Å²) in [6, 6.07) is 3.98. The van der Waals surface area contributed by atoms with Crippen molar-refractivity contribution in [2.75, 3.05) is 13.1 Å². The van der Waals surface area contributed by atoms with Crippen LogP contribution in [0.25, 0.3) is 9.88 Å². The van der Waals surface area contributed by atoms with Gasteiger partial charge in [-0.1, -0.05) is 6.07 Å². The molecule has 22 heavy (non-hydrogen) atoms. The van der Waals surface area contributed by atoms with Crippen molar-refractivity contribution in [3.63, 3.8) is 0 Å². The van der Waals surface area contributed by atoms with Crippen molar-refractivity contribution >= 4 is 34.6 Å². The monoisotopic (exact) mass is 336 g/mol. The lowest BCUT2D eigenvalue weighted by Crippen LogP contribution is -2.35. The number of thiophene rings is 1. The van der Waals surface area contributed by atoms with E-state index in [2.05, 4.69) is 4.98 Å². The number of aromatic nitrogens is 1. The topological polar surface area (TPSA) is 70.5 Å². The maximum Gasteiger partial charge on any atom is 0.311 e. The van der Waals surface area contributed by atoms with Crippen molar-refractivity contribution in [3.05, 3.63) is 28.6 Å². The van der Waals surface area contributed by atoms with E-state index in [1.165, 1.54) is 11.3 Å². The van der Waals surface area contributed by atoms with E-state index in [-0.39, 0.29) is 18.9 Å². The Kier molecular flexibility index (Phi) is 4.01. The first-order chi connectivity index (χ1) is 10.5. The highest BCUT2D eigenvalue weighted by Crippen LogP contribution is 2.31. The summed E-state index contributed by atoms with van der Waals surface area (Å²) < 4.78 is 0. The van der Waals surface area contributed by atoms with Crippen LogP contribution in [0.5, 0.6) is 0 Å². The molecule has 1 unspecified atom stereocenters. The summed E-state index contributed by atoms with van der Waals surface area (Å²) in [6.07, 6.45) is 0.739. The van der Waals surface area contributed by atoms with Crippen LogP contribution in [-0.2, 0) is 16.0 Å². The van der Waals surface area contributed by atoms with Gasteiger partial charge in [0.15, 0.2) is 0 Å². The summed E-state index contributed by atoms with van der Waals surface area (Å²) in [5.41, 5.74) is -0.0674. The van der Waals surface area contributed by atoms with Gasteiger partial charge in [0.1, 0.15) is 5.01 Å². The number of nitrogens with zero attached hydrogens (tertiary/aromatic N) is 2. The van der Waals surface area contributed by atoms with Crippen LogP contribution >= 0.6 is 22.7 Å². The van der Waals surface area contributed by atoms with Crippen molar-refractivity contribution < 1.29 is 14.7 Å². The van der Waals surface area contributed by atoms with Gasteiger partial charge in [-0.25, -0.2) is 4.98 Å². The zero-order valence-electron chi connectivity index (χ0n) is 12.1. The molecule has 1 N–H and O–H groups in total. The Balaban J connectivity index is 1.65. The molecule has 1 fully saturated rings. The number of carbonyl (C=O) groups excluding carboxylic acids is 1. The van der Waals surface area contributed by atoms with Crippen LogP contribution in [0.3, 0.4) is 0 Å². The second-order valence-electron chi connectivity index (χ2n) is 5.73. The zero-order valence-corrected chi connectivity index (χ0v) is 13.7. The van der Waals surface area contributed by atoms with Crippen molar-refractivity contribution in [3.8, 4) is 9.88 Å². The molecule has 1 aliphatic rings. The second-order valence-corrected chi connectivity index (χ2v) is 7.53. The van der Waals surface area contributed by atoms with E-state index in [0.29, 0.717) is 13.0 Å². The number of carboxylic acids is 1. The Bertz CT molecular complexity index is 695. The lowest BCUT2D eigenvalue weighted by Gasteiger charge is -2.19. The predicted octanol–water partition coefficient (Wildman–Crippen LogP) is 2.74. The fraction of sp³-hybridized carbons (Fsp3) is 0.400. The molecular weight excluding hydrogens is 320 g/mol. The highest BCUT2D eigenvalue weighted by Gasteiger charge is 2.42. The third kappa shape index (κ3) is 2.91. The molecule has 1 atom stereocenters. The Hall–Kier alpha value is -1.73. The van der Waals surface area contributed by atoms with Crippen molar-refractivity contribution in [2.24, 2.45) is 5.41 Å². The van der Waals surface area contributed by atoms with Gasteiger partial charge in [0.05, 0.1) is 22.4 Å². The van der Waals surface area contributed by atoms with Gasteiger partial charge in [0, 0.05) is 18.5 Å². The van der Waals surface area contributed by atoms with Crippen LogP contribution in [0.15, 0.2) is 22.9 Å². The third-order valence-electron chi connectivity index (χ3n) is 3.96. The molecule has 1 amide bonds. The van der Waals surface area contributed by atoms with Crippen LogP contribution in [0.2, 0.25) is 0 Å². The summed E-state index contributed by atoms with van der Waals surface area (Å²) in [6.45, 7) is 2.48. The van der Waals surface area contributed by atoms with Gasteiger partial charge in [-0.3, -0.25) is 9.59 Å². The normalized spacial score (nSPS) is 21.2. The van der Waals surface area contributed by atoms with Gasteiger partial charge < -0.3 is 10.0 Å². The number of rotatable bonds is 4. The first-order valence-corrected chi connectivity index (χ1v) is 8.73. The lowest BCUT2D eigenvalue weighted by molar-refractivity contribution is -0.147. The molecule has 0 spiro atoms. The average molecular weight is 336 g/mol. The first-order valence-electron chi connectivity index (χ1n) is 6.97. The van der Waals surface area contributed by atoms with E-state index < -0.39 is 11.4 Å². The van der Waals surface area contributed by atoms with Gasteiger partial charge in [-0.15, -0.1) is 22.7 Å². The van der Waals surface area contributed by atoms with Crippen LogP contribution in [-0.4, -0.2) is 40.0 Å². The van der Waals surface area contributed by atoms with Crippen molar-refractivity contribution in [2.45, 2.75) is 19.8 Å². The lowest BCUT2D eigenvalue weighted by atomic mass is 9.90. The van der Waals surface area contributed by atoms with Crippen LogP contribution in [0, 0.1) is 5.41 Å². The smallest absolute Gasteiger partial charge is 0.311 e.